The summed E-state index contributed by atoms with van der Waals surface area (Å²) in [5.74, 6) is 3.63. The molecule has 1 heterocycles. The fraction of sp³-hybridized carbons (Fsp3) is 0.414. The van der Waals surface area contributed by atoms with Gasteiger partial charge < -0.3 is 15.6 Å². The Morgan fingerprint density at radius 3 is 2.34 bits per heavy atom. The summed E-state index contributed by atoms with van der Waals surface area (Å²) in [6.07, 6.45) is 11.3. The van der Waals surface area contributed by atoms with Crippen LogP contribution in [0.5, 0.6) is 0 Å². The van der Waals surface area contributed by atoms with Gasteiger partial charge in [-0.05, 0) is 98.2 Å². The van der Waals surface area contributed by atoms with Gasteiger partial charge in [-0.2, -0.15) is 0 Å². The fourth-order valence-corrected chi connectivity index (χ4v) is 7.05. The van der Waals surface area contributed by atoms with Crippen molar-refractivity contribution in [3.63, 3.8) is 0 Å². The molecule has 6 nitrogen and oxygen atoms in total. The number of carbonyl (C=O) groups excluding carboxylic acids is 2. The molecule has 4 bridgehead atoms. The van der Waals surface area contributed by atoms with Gasteiger partial charge in [0.2, 0.25) is 11.8 Å². The second-order valence-electron chi connectivity index (χ2n) is 11.0. The van der Waals surface area contributed by atoms with Crippen molar-refractivity contribution in [2.24, 2.45) is 35.5 Å². The zero-order valence-electron chi connectivity index (χ0n) is 19.7. The summed E-state index contributed by atoms with van der Waals surface area (Å²) in [7, 11) is 0. The Hall–Kier alpha value is -3.41. The molecule has 6 atom stereocenters. The maximum atomic E-state index is 12.8. The lowest BCUT2D eigenvalue weighted by atomic mass is 9.88. The molecule has 3 N–H and O–H groups in total. The number of nitrogens with one attached hydrogen (secondary N) is 3. The molecule has 0 aliphatic heterocycles. The zero-order chi connectivity index (χ0) is 23.5. The van der Waals surface area contributed by atoms with E-state index in [1.165, 1.54) is 19.3 Å². The monoisotopic (exact) mass is 466 g/mol. The number of nitrogens with zero attached hydrogens (tertiary/aromatic N) is 1. The number of hydrogen-bond donors (Lipinski definition) is 3. The van der Waals surface area contributed by atoms with Crippen LogP contribution in [-0.4, -0.2) is 21.8 Å². The standard InChI is InChI=1S/C29H30N4O2/c34-28(23-13-16-1-3-19(23)11-16)30-21-7-5-18(6-8-21)27-32-25-10-9-22(15-26(25)33-27)31-29(35)24-14-17-2-4-20(24)12-17/h2,4-10,15-17,19-20,23-24H,1,3,11-14H2,(H,30,34)(H,31,35)(H,32,33). The molecule has 1 aromatic heterocycles. The molecule has 3 saturated carbocycles. The SMILES string of the molecule is O=C(Nc1ccc2nc(-c3ccc(NC(=O)C4CC5CCC4C5)cc3)[nH]c2c1)C1CC2C=CC1C2. The number of aromatic amines is 1. The topological polar surface area (TPSA) is 86.9 Å². The van der Waals surface area contributed by atoms with Crippen molar-refractivity contribution < 1.29 is 9.59 Å². The van der Waals surface area contributed by atoms with Gasteiger partial charge in [0, 0.05) is 28.8 Å². The summed E-state index contributed by atoms with van der Waals surface area (Å²) < 4.78 is 0. The Morgan fingerprint density at radius 1 is 0.829 bits per heavy atom. The van der Waals surface area contributed by atoms with Gasteiger partial charge in [0.1, 0.15) is 5.82 Å². The first-order valence-corrected chi connectivity index (χ1v) is 13.0. The van der Waals surface area contributed by atoms with E-state index in [2.05, 4.69) is 27.8 Å². The van der Waals surface area contributed by atoms with E-state index >= 15 is 0 Å². The number of carbonyl (C=O) groups is 2. The molecular formula is C29H30N4O2. The molecule has 6 heteroatoms. The van der Waals surface area contributed by atoms with E-state index < -0.39 is 0 Å². The van der Waals surface area contributed by atoms with Crippen LogP contribution in [-0.2, 0) is 9.59 Å². The number of aromatic nitrogens is 2. The maximum absolute atomic E-state index is 12.8. The van der Waals surface area contributed by atoms with Gasteiger partial charge in [0.25, 0.3) is 0 Å². The minimum atomic E-state index is 0.0841. The van der Waals surface area contributed by atoms with E-state index in [1.807, 2.05) is 42.5 Å². The molecule has 35 heavy (non-hydrogen) atoms. The number of anilines is 2. The van der Waals surface area contributed by atoms with E-state index in [0.717, 1.165) is 59.0 Å². The first-order chi connectivity index (χ1) is 17.1. The molecule has 0 radical (unpaired) electrons. The molecule has 2 aromatic carbocycles. The number of benzene rings is 2. The normalized spacial score (nSPS) is 30.3. The van der Waals surface area contributed by atoms with Gasteiger partial charge in [0.05, 0.1) is 11.0 Å². The molecule has 4 aliphatic rings. The Morgan fingerprint density at radius 2 is 1.63 bits per heavy atom. The Kier molecular flexibility index (Phi) is 4.83. The summed E-state index contributed by atoms with van der Waals surface area (Å²) >= 11 is 0. The highest BCUT2D eigenvalue weighted by Crippen LogP contribution is 2.48. The van der Waals surface area contributed by atoms with Gasteiger partial charge in [-0.1, -0.05) is 18.6 Å². The van der Waals surface area contributed by atoms with Crippen LogP contribution in [0, 0.1) is 35.5 Å². The minimum absolute atomic E-state index is 0.0841. The third kappa shape index (κ3) is 3.76. The third-order valence-corrected chi connectivity index (χ3v) is 8.87. The molecule has 0 spiro atoms. The summed E-state index contributed by atoms with van der Waals surface area (Å²) in [6, 6.07) is 13.7. The zero-order valence-corrected chi connectivity index (χ0v) is 19.7. The third-order valence-electron chi connectivity index (χ3n) is 8.87. The van der Waals surface area contributed by atoms with Crippen molar-refractivity contribution in [2.45, 2.75) is 38.5 Å². The molecular weight excluding hydrogens is 436 g/mol. The number of imidazole rings is 1. The largest absolute Gasteiger partial charge is 0.338 e. The second-order valence-corrected chi connectivity index (χ2v) is 11.0. The van der Waals surface area contributed by atoms with E-state index in [1.54, 1.807) is 0 Å². The number of allylic oxidation sites excluding steroid dienone is 2. The van der Waals surface area contributed by atoms with E-state index in [4.69, 9.17) is 4.98 Å². The van der Waals surface area contributed by atoms with Crippen molar-refractivity contribution in [3.8, 4) is 11.4 Å². The highest BCUT2D eigenvalue weighted by Gasteiger charge is 2.43. The number of hydrogen-bond acceptors (Lipinski definition) is 3. The predicted octanol–water partition coefficient (Wildman–Crippen LogP) is 5.76. The van der Waals surface area contributed by atoms with Crippen molar-refractivity contribution in [3.05, 3.63) is 54.6 Å². The van der Waals surface area contributed by atoms with E-state index in [-0.39, 0.29) is 23.7 Å². The molecule has 6 unspecified atom stereocenters. The van der Waals surface area contributed by atoms with Crippen LogP contribution in [0.1, 0.15) is 38.5 Å². The van der Waals surface area contributed by atoms with Crippen LogP contribution in [0.4, 0.5) is 11.4 Å². The lowest BCUT2D eigenvalue weighted by Crippen LogP contribution is -2.27. The van der Waals surface area contributed by atoms with Crippen LogP contribution in [0.15, 0.2) is 54.6 Å². The first kappa shape index (κ1) is 20.9. The van der Waals surface area contributed by atoms with Crippen molar-refractivity contribution >= 4 is 34.2 Å². The van der Waals surface area contributed by atoms with Crippen molar-refractivity contribution in [1.29, 1.82) is 0 Å². The predicted molar refractivity (Wildman–Crippen MR) is 137 cm³/mol. The molecule has 3 fully saturated rings. The Balaban J connectivity index is 1.03. The second kappa shape index (κ2) is 8.08. The van der Waals surface area contributed by atoms with Crippen LogP contribution < -0.4 is 10.6 Å². The number of rotatable bonds is 5. The van der Waals surface area contributed by atoms with Gasteiger partial charge in [0.15, 0.2) is 0 Å². The highest BCUT2D eigenvalue weighted by atomic mass is 16.2. The number of fused-ring (bicyclic) bond motifs is 5. The number of amides is 2. The van der Waals surface area contributed by atoms with E-state index in [9.17, 15) is 9.59 Å². The maximum Gasteiger partial charge on any atom is 0.228 e. The van der Waals surface area contributed by atoms with Gasteiger partial charge in [-0.3, -0.25) is 9.59 Å². The van der Waals surface area contributed by atoms with Crippen LogP contribution >= 0.6 is 0 Å². The highest BCUT2D eigenvalue weighted by molar-refractivity contribution is 5.96. The molecule has 3 aromatic rings. The number of H-pyrrole nitrogens is 1. The van der Waals surface area contributed by atoms with Gasteiger partial charge in [-0.15, -0.1) is 0 Å². The van der Waals surface area contributed by atoms with Crippen LogP contribution in [0.25, 0.3) is 22.4 Å². The summed E-state index contributed by atoms with van der Waals surface area (Å²) in [6.45, 7) is 0. The molecule has 0 saturated heterocycles. The quantitative estimate of drug-likeness (QED) is 0.418. The average Bonchev–Trinajstić information content (AvgIpc) is 3.70. The first-order valence-electron chi connectivity index (χ1n) is 13.0. The Bertz CT molecular complexity index is 1340. The molecule has 178 valence electrons. The van der Waals surface area contributed by atoms with Crippen molar-refractivity contribution in [2.75, 3.05) is 10.6 Å². The van der Waals surface area contributed by atoms with Gasteiger partial charge in [-0.25, -0.2) is 4.98 Å². The van der Waals surface area contributed by atoms with Crippen LogP contribution in [0.3, 0.4) is 0 Å². The summed E-state index contributed by atoms with van der Waals surface area (Å²) in [5.41, 5.74) is 4.33. The van der Waals surface area contributed by atoms with Crippen molar-refractivity contribution in [1.82, 2.24) is 9.97 Å². The molecule has 2 amide bonds. The summed E-state index contributed by atoms with van der Waals surface area (Å²) in [5, 5.41) is 6.23. The van der Waals surface area contributed by atoms with Gasteiger partial charge >= 0.3 is 0 Å². The summed E-state index contributed by atoms with van der Waals surface area (Å²) in [4.78, 5) is 33.7. The minimum Gasteiger partial charge on any atom is -0.338 e. The lowest BCUT2D eigenvalue weighted by molar-refractivity contribution is -0.121. The molecule has 7 rings (SSSR count). The smallest absolute Gasteiger partial charge is 0.228 e. The molecule has 4 aliphatic carbocycles. The van der Waals surface area contributed by atoms with Crippen LogP contribution in [0.2, 0.25) is 0 Å². The fourth-order valence-electron chi connectivity index (χ4n) is 7.05. The Labute approximate surface area is 204 Å². The van der Waals surface area contributed by atoms with E-state index in [0.29, 0.717) is 17.8 Å². The average molecular weight is 467 g/mol. The lowest BCUT2D eigenvalue weighted by Gasteiger charge is -2.20.